The predicted octanol–water partition coefficient (Wildman–Crippen LogP) is 3.67. The fourth-order valence-corrected chi connectivity index (χ4v) is 2.85. The van der Waals surface area contributed by atoms with E-state index in [1.807, 2.05) is 0 Å². The van der Waals surface area contributed by atoms with Crippen LogP contribution in [0.15, 0.2) is 36.7 Å². The molecule has 1 aromatic carbocycles. The van der Waals surface area contributed by atoms with Crippen molar-refractivity contribution in [2.75, 3.05) is 23.3 Å². The van der Waals surface area contributed by atoms with Crippen LogP contribution < -0.4 is 10.2 Å². The van der Waals surface area contributed by atoms with Gasteiger partial charge in [-0.2, -0.15) is 13.2 Å². The fraction of sp³-hybridized carbons (Fsp3) is 0.389. The van der Waals surface area contributed by atoms with Gasteiger partial charge in [0.15, 0.2) is 0 Å². The second-order valence-corrected chi connectivity index (χ2v) is 6.24. The van der Waals surface area contributed by atoms with Gasteiger partial charge in [-0.3, -0.25) is 4.79 Å². The number of aromatic nitrogens is 2. The number of hydrogen-bond acceptors (Lipinski definition) is 4. The monoisotopic (exact) mass is 364 g/mol. The van der Waals surface area contributed by atoms with E-state index in [9.17, 15) is 18.0 Å². The van der Waals surface area contributed by atoms with Crippen LogP contribution in [0.2, 0.25) is 0 Å². The topological polar surface area (TPSA) is 58.1 Å². The Balaban J connectivity index is 1.56. The first kappa shape index (κ1) is 18.2. The third-order valence-electron chi connectivity index (χ3n) is 4.21. The van der Waals surface area contributed by atoms with Crippen LogP contribution in [0.4, 0.5) is 24.8 Å². The molecule has 0 aliphatic carbocycles. The normalized spacial score (nSPS) is 15.0. The highest BCUT2D eigenvalue weighted by atomic mass is 19.4. The van der Waals surface area contributed by atoms with E-state index in [-0.39, 0.29) is 12.3 Å². The maximum absolute atomic E-state index is 12.5. The van der Waals surface area contributed by atoms with Crippen molar-refractivity contribution in [3.63, 3.8) is 0 Å². The molecular weight excluding hydrogens is 345 g/mol. The SMILES string of the molecule is O=C(Cc1ccc(C(F)(F)F)cc1)Nc1cnc(N2CCCCC2)nc1. The second kappa shape index (κ2) is 7.72. The highest BCUT2D eigenvalue weighted by molar-refractivity contribution is 5.92. The average molecular weight is 364 g/mol. The van der Waals surface area contributed by atoms with E-state index < -0.39 is 11.7 Å². The highest BCUT2D eigenvalue weighted by Gasteiger charge is 2.29. The smallest absolute Gasteiger partial charge is 0.341 e. The fourth-order valence-electron chi connectivity index (χ4n) is 2.85. The van der Waals surface area contributed by atoms with Crippen molar-refractivity contribution in [2.45, 2.75) is 31.9 Å². The molecule has 0 bridgehead atoms. The molecule has 2 aromatic rings. The van der Waals surface area contributed by atoms with Crippen molar-refractivity contribution in [3.05, 3.63) is 47.8 Å². The lowest BCUT2D eigenvalue weighted by molar-refractivity contribution is -0.137. The molecule has 0 unspecified atom stereocenters. The van der Waals surface area contributed by atoms with Gasteiger partial charge in [0.25, 0.3) is 0 Å². The van der Waals surface area contributed by atoms with Crippen LogP contribution in [-0.4, -0.2) is 29.0 Å². The van der Waals surface area contributed by atoms with Crippen LogP contribution in [0, 0.1) is 0 Å². The summed E-state index contributed by atoms with van der Waals surface area (Å²) < 4.78 is 37.6. The predicted molar refractivity (Wildman–Crippen MR) is 91.9 cm³/mol. The molecule has 1 saturated heterocycles. The Bertz CT molecular complexity index is 739. The van der Waals surface area contributed by atoms with Crippen LogP contribution in [0.5, 0.6) is 0 Å². The molecule has 1 aliphatic heterocycles. The average Bonchev–Trinajstić information content (AvgIpc) is 2.63. The van der Waals surface area contributed by atoms with E-state index in [4.69, 9.17) is 0 Å². The van der Waals surface area contributed by atoms with Gasteiger partial charge in [0.2, 0.25) is 11.9 Å². The van der Waals surface area contributed by atoms with Gasteiger partial charge in [-0.05, 0) is 37.0 Å². The quantitative estimate of drug-likeness (QED) is 0.899. The number of alkyl halides is 3. The zero-order valence-electron chi connectivity index (χ0n) is 14.1. The molecule has 0 spiro atoms. The van der Waals surface area contributed by atoms with Crippen LogP contribution in [0.1, 0.15) is 30.4 Å². The molecule has 1 aliphatic rings. The van der Waals surface area contributed by atoms with Gasteiger partial charge >= 0.3 is 6.18 Å². The van der Waals surface area contributed by atoms with Gasteiger partial charge in [0.05, 0.1) is 30.1 Å². The number of hydrogen-bond donors (Lipinski definition) is 1. The Hall–Kier alpha value is -2.64. The number of nitrogens with zero attached hydrogens (tertiary/aromatic N) is 3. The summed E-state index contributed by atoms with van der Waals surface area (Å²) in [6, 6.07) is 4.55. The minimum atomic E-state index is -4.38. The number of piperidine rings is 1. The summed E-state index contributed by atoms with van der Waals surface area (Å²) in [4.78, 5) is 22.7. The van der Waals surface area contributed by atoms with Gasteiger partial charge < -0.3 is 10.2 Å². The molecule has 0 atom stereocenters. The van der Waals surface area contributed by atoms with E-state index in [1.54, 1.807) is 12.4 Å². The lowest BCUT2D eigenvalue weighted by Crippen LogP contribution is -2.30. The molecule has 5 nitrogen and oxygen atoms in total. The summed E-state index contributed by atoms with van der Waals surface area (Å²) in [7, 11) is 0. The molecule has 3 rings (SSSR count). The van der Waals surface area contributed by atoms with Crippen LogP contribution in [0.25, 0.3) is 0 Å². The number of carbonyl (C=O) groups is 1. The number of halogens is 3. The summed E-state index contributed by atoms with van der Waals surface area (Å²) in [5.74, 6) is 0.310. The standard InChI is InChI=1S/C18H19F3N4O/c19-18(20,21)14-6-4-13(5-7-14)10-16(26)24-15-11-22-17(23-12-15)25-8-2-1-3-9-25/h4-7,11-12H,1-3,8-10H2,(H,24,26). The maximum atomic E-state index is 12.5. The summed E-state index contributed by atoms with van der Waals surface area (Å²) in [5, 5.41) is 2.66. The van der Waals surface area contributed by atoms with Crippen molar-refractivity contribution in [1.29, 1.82) is 0 Å². The third-order valence-corrected chi connectivity index (χ3v) is 4.21. The zero-order chi connectivity index (χ0) is 18.6. The third kappa shape index (κ3) is 4.71. The van der Waals surface area contributed by atoms with E-state index in [0.717, 1.165) is 38.1 Å². The van der Waals surface area contributed by atoms with E-state index >= 15 is 0 Å². The minimum absolute atomic E-state index is 0.0218. The number of rotatable bonds is 4. The van der Waals surface area contributed by atoms with Crippen LogP contribution in [-0.2, 0) is 17.4 Å². The lowest BCUT2D eigenvalue weighted by atomic mass is 10.1. The molecule has 138 valence electrons. The Labute approximate surface area is 149 Å². The zero-order valence-corrected chi connectivity index (χ0v) is 14.1. The van der Waals surface area contributed by atoms with Crippen LogP contribution in [0.3, 0.4) is 0 Å². The molecule has 0 radical (unpaired) electrons. The van der Waals surface area contributed by atoms with Crippen molar-refractivity contribution < 1.29 is 18.0 Å². The number of benzene rings is 1. The number of carbonyl (C=O) groups excluding carboxylic acids is 1. The van der Waals surface area contributed by atoms with E-state index in [1.165, 1.54) is 18.6 Å². The molecule has 1 aromatic heterocycles. The number of amides is 1. The summed E-state index contributed by atoms with van der Waals surface area (Å²) in [5.41, 5.74) is 0.229. The molecule has 8 heteroatoms. The van der Waals surface area contributed by atoms with Crippen molar-refractivity contribution in [1.82, 2.24) is 9.97 Å². The summed E-state index contributed by atoms with van der Waals surface area (Å²) >= 11 is 0. The first-order chi connectivity index (χ1) is 12.4. The minimum Gasteiger partial charge on any atom is -0.341 e. The van der Waals surface area contributed by atoms with Crippen molar-refractivity contribution >= 4 is 17.5 Å². The molecular formula is C18H19F3N4O. The summed E-state index contributed by atoms with van der Waals surface area (Å²) in [6.45, 7) is 1.86. The Morgan fingerprint density at radius 1 is 1.04 bits per heavy atom. The molecule has 0 saturated carbocycles. The highest BCUT2D eigenvalue weighted by Crippen LogP contribution is 2.29. The molecule has 2 heterocycles. The van der Waals surface area contributed by atoms with Crippen molar-refractivity contribution in [2.24, 2.45) is 0 Å². The Morgan fingerprint density at radius 2 is 1.65 bits per heavy atom. The second-order valence-electron chi connectivity index (χ2n) is 6.24. The van der Waals surface area contributed by atoms with Gasteiger partial charge in [0, 0.05) is 13.1 Å². The van der Waals surface area contributed by atoms with E-state index in [2.05, 4.69) is 20.2 Å². The lowest BCUT2D eigenvalue weighted by Gasteiger charge is -2.26. The van der Waals surface area contributed by atoms with Gasteiger partial charge in [-0.25, -0.2) is 9.97 Å². The molecule has 1 amide bonds. The van der Waals surface area contributed by atoms with Gasteiger partial charge in [-0.15, -0.1) is 0 Å². The first-order valence-electron chi connectivity index (χ1n) is 8.45. The largest absolute Gasteiger partial charge is 0.416 e. The molecule has 26 heavy (non-hydrogen) atoms. The Kier molecular flexibility index (Phi) is 5.39. The maximum Gasteiger partial charge on any atom is 0.416 e. The van der Waals surface area contributed by atoms with Crippen LogP contribution >= 0.6 is 0 Å². The number of anilines is 2. The molecule has 1 N–H and O–H groups in total. The van der Waals surface area contributed by atoms with Crippen molar-refractivity contribution in [3.8, 4) is 0 Å². The van der Waals surface area contributed by atoms with E-state index in [0.29, 0.717) is 17.2 Å². The molecule has 1 fully saturated rings. The van der Waals surface area contributed by atoms with Gasteiger partial charge in [0.1, 0.15) is 0 Å². The van der Waals surface area contributed by atoms with Gasteiger partial charge in [-0.1, -0.05) is 12.1 Å². The first-order valence-corrected chi connectivity index (χ1v) is 8.45. The summed E-state index contributed by atoms with van der Waals surface area (Å²) in [6.07, 6.45) is 2.14. The number of nitrogens with one attached hydrogen (secondary N) is 1. The Morgan fingerprint density at radius 3 is 2.23 bits per heavy atom.